The van der Waals surface area contributed by atoms with Gasteiger partial charge in [-0.05, 0) is 48.9 Å². The molecule has 3 N–H and O–H groups in total. The number of nitrogens with two attached hydrogens (primary N) is 1. The molecule has 3 rings (SSSR count). The summed E-state index contributed by atoms with van der Waals surface area (Å²) in [5.74, 6) is -0.450. The molecule has 0 unspecified atom stereocenters. The van der Waals surface area contributed by atoms with E-state index in [4.69, 9.17) is 4.74 Å². The number of rotatable bonds is 7. The first-order valence-corrected chi connectivity index (χ1v) is 9.46. The van der Waals surface area contributed by atoms with Gasteiger partial charge in [-0.15, -0.1) is 0 Å². The average Bonchev–Trinajstić information content (AvgIpc) is 2.72. The van der Waals surface area contributed by atoms with Gasteiger partial charge in [-0.3, -0.25) is 4.79 Å². The standard InChI is InChI=1S/C23H24N2O3/c1-3-28-23(27)18-11-13-19(14-12-18)25-22(26)15-24-16(2)20-10-6-8-17-7-4-5-9-21(17)20/h4-14,16,24H,3,15H2,1-2H3,(H,25,26)/p+1/t16-/m0/s1. The van der Waals surface area contributed by atoms with Crippen LogP contribution in [0, 0.1) is 0 Å². The zero-order chi connectivity index (χ0) is 19.9. The Labute approximate surface area is 164 Å². The van der Waals surface area contributed by atoms with Crippen LogP contribution in [0.1, 0.15) is 35.8 Å². The van der Waals surface area contributed by atoms with Gasteiger partial charge in [0.2, 0.25) is 0 Å². The van der Waals surface area contributed by atoms with E-state index in [2.05, 4.69) is 36.5 Å². The molecule has 144 valence electrons. The lowest BCUT2D eigenvalue weighted by molar-refractivity contribution is -0.682. The number of carbonyl (C=O) groups excluding carboxylic acids is 2. The Morgan fingerprint density at radius 3 is 2.46 bits per heavy atom. The van der Waals surface area contributed by atoms with E-state index in [1.54, 1.807) is 31.2 Å². The molecule has 1 amide bonds. The Balaban J connectivity index is 1.57. The van der Waals surface area contributed by atoms with Gasteiger partial charge in [0.1, 0.15) is 6.04 Å². The largest absolute Gasteiger partial charge is 0.462 e. The van der Waals surface area contributed by atoms with Gasteiger partial charge in [0, 0.05) is 11.3 Å². The van der Waals surface area contributed by atoms with Crippen molar-refractivity contribution in [3.63, 3.8) is 0 Å². The van der Waals surface area contributed by atoms with Gasteiger partial charge >= 0.3 is 5.97 Å². The van der Waals surface area contributed by atoms with Crippen LogP contribution < -0.4 is 10.6 Å². The highest BCUT2D eigenvalue weighted by Crippen LogP contribution is 2.22. The van der Waals surface area contributed by atoms with Gasteiger partial charge in [-0.25, -0.2) is 4.79 Å². The van der Waals surface area contributed by atoms with Gasteiger partial charge in [0.05, 0.1) is 12.2 Å². The molecule has 1 atom stereocenters. The Kier molecular flexibility index (Phi) is 6.40. The predicted octanol–water partition coefficient (Wildman–Crippen LogP) is 3.28. The number of anilines is 1. The fourth-order valence-corrected chi connectivity index (χ4v) is 3.17. The van der Waals surface area contributed by atoms with Gasteiger partial charge < -0.3 is 15.4 Å². The molecule has 0 saturated carbocycles. The zero-order valence-electron chi connectivity index (χ0n) is 16.1. The second kappa shape index (κ2) is 9.15. The number of hydrogen-bond donors (Lipinski definition) is 2. The topological polar surface area (TPSA) is 72.0 Å². The Hall–Kier alpha value is -3.18. The van der Waals surface area contributed by atoms with Crippen molar-refractivity contribution in [2.24, 2.45) is 0 Å². The van der Waals surface area contributed by atoms with Crippen LogP contribution in [0.5, 0.6) is 0 Å². The summed E-state index contributed by atoms with van der Waals surface area (Å²) in [5.41, 5.74) is 2.34. The molecular formula is C23H25N2O3+. The number of esters is 1. The number of amides is 1. The van der Waals surface area contributed by atoms with Crippen LogP contribution >= 0.6 is 0 Å². The third kappa shape index (κ3) is 4.75. The quantitative estimate of drug-likeness (QED) is 0.621. The highest BCUT2D eigenvalue weighted by atomic mass is 16.5. The third-order valence-corrected chi connectivity index (χ3v) is 4.65. The first-order chi connectivity index (χ1) is 13.6. The monoisotopic (exact) mass is 377 g/mol. The smallest absolute Gasteiger partial charge is 0.338 e. The second-order valence-corrected chi connectivity index (χ2v) is 6.64. The lowest BCUT2D eigenvalue weighted by atomic mass is 10.00. The fourth-order valence-electron chi connectivity index (χ4n) is 3.17. The summed E-state index contributed by atoms with van der Waals surface area (Å²) in [4.78, 5) is 24.0. The van der Waals surface area contributed by atoms with Gasteiger partial charge in [-0.2, -0.15) is 0 Å². The predicted molar refractivity (Wildman–Crippen MR) is 110 cm³/mol. The van der Waals surface area contributed by atoms with E-state index < -0.39 is 0 Å². The van der Waals surface area contributed by atoms with Crippen LogP contribution in [0.4, 0.5) is 5.69 Å². The van der Waals surface area contributed by atoms with Gasteiger partial charge in [0.15, 0.2) is 6.54 Å². The molecule has 0 aromatic heterocycles. The highest BCUT2D eigenvalue weighted by molar-refractivity contribution is 5.93. The minimum Gasteiger partial charge on any atom is -0.462 e. The number of benzene rings is 3. The average molecular weight is 377 g/mol. The minimum atomic E-state index is -0.363. The van der Waals surface area contributed by atoms with Crippen LogP contribution in [0.25, 0.3) is 10.8 Å². The molecule has 0 aliphatic carbocycles. The first kappa shape index (κ1) is 19.6. The normalized spacial score (nSPS) is 11.8. The van der Waals surface area contributed by atoms with E-state index in [0.29, 0.717) is 24.4 Å². The molecule has 5 nitrogen and oxygen atoms in total. The van der Waals surface area contributed by atoms with Crippen molar-refractivity contribution in [2.45, 2.75) is 19.9 Å². The van der Waals surface area contributed by atoms with Crippen molar-refractivity contribution in [3.05, 3.63) is 77.9 Å². The second-order valence-electron chi connectivity index (χ2n) is 6.64. The number of fused-ring (bicyclic) bond motifs is 1. The zero-order valence-corrected chi connectivity index (χ0v) is 16.1. The maximum atomic E-state index is 12.3. The number of carbonyl (C=O) groups is 2. The summed E-state index contributed by atoms with van der Waals surface area (Å²) < 4.78 is 4.96. The van der Waals surface area contributed by atoms with Gasteiger partial charge in [0.25, 0.3) is 5.91 Å². The molecule has 0 aliphatic rings. The molecule has 0 saturated heterocycles. The molecule has 3 aromatic carbocycles. The van der Waals surface area contributed by atoms with Crippen molar-refractivity contribution in [2.75, 3.05) is 18.5 Å². The SMILES string of the molecule is CCOC(=O)c1ccc(NC(=O)C[NH2+][C@@H](C)c2cccc3ccccc23)cc1. The minimum absolute atomic E-state index is 0.0871. The van der Waals surface area contributed by atoms with E-state index in [1.807, 2.05) is 23.5 Å². The summed E-state index contributed by atoms with van der Waals surface area (Å²) in [7, 11) is 0. The molecule has 0 aliphatic heterocycles. The molecule has 5 heteroatoms. The van der Waals surface area contributed by atoms with E-state index in [0.717, 1.165) is 0 Å². The maximum absolute atomic E-state index is 12.3. The molecule has 0 radical (unpaired) electrons. The summed E-state index contributed by atoms with van der Waals surface area (Å²) in [5, 5.41) is 7.29. The van der Waals surface area contributed by atoms with E-state index in [1.165, 1.54) is 16.3 Å². The molecule has 0 heterocycles. The van der Waals surface area contributed by atoms with Gasteiger partial charge in [-0.1, -0.05) is 42.5 Å². The lowest BCUT2D eigenvalue weighted by Crippen LogP contribution is -2.86. The van der Waals surface area contributed by atoms with E-state index in [9.17, 15) is 9.59 Å². The number of hydrogen-bond acceptors (Lipinski definition) is 3. The van der Waals surface area contributed by atoms with Crippen LogP contribution in [0.2, 0.25) is 0 Å². The summed E-state index contributed by atoms with van der Waals surface area (Å²) in [6.45, 7) is 4.51. The fraction of sp³-hybridized carbons (Fsp3) is 0.217. The summed E-state index contributed by atoms with van der Waals surface area (Å²) in [6.07, 6.45) is 0. The summed E-state index contributed by atoms with van der Waals surface area (Å²) in [6, 6.07) is 21.4. The van der Waals surface area contributed by atoms with Crippen molar-refractivity contribution in [1.29, 1.82) is 0 Å². The molecule has 0 spiro atoms. The molecule has 0 fully saturated rings. The molecule has 0 bridgehead atoms. The number of quaternary nitrogens is 1. The van der Waals surface area contributed by atoms with Crippen LogP contribution in [0.15, 0.2) is 66.7 Å². The van der Waals surface area contributed by atoms with E-state index >= 15 is 0 Å². The maximum Gasteiger partial charge on any atom is 0.338 e. The number of nitrogens with one attached hydrogen (secondary N) is 1. The van der Waals surface area contributed by atoms with Crippen LogP contribution in [-0.4, -0.2) is 25.0 Å². The molecule has 28 heavy (non-hydrogen) atoms. The van der Waals surface area contributed by atoms with Crippen molar-refractivity contribution in [3.8, 4) is 0 Å². The molecule has 3 aromatic rings. The van der Waals surface area contributed by atoms with Crippen molar-refractivity contribution >= 4 is 28.3 Å². The highest BCUT2D eigenvalue weighted by Gasteiger charge is 2.14. The van der Waals surface area contributed by atoms with Crippen molar-refractivity contribution in [1.82, 2.24) is 0 Å². The Morgan fingerprint density at radius 1 is 1.00 bits per heavy atom. The molecular weight excluding hydrogens is 352 g/mol. The summed E-state index contributed by atoms with van der Waals surface area (Å²) >= 11 is 0. The number of ether oxygens (including phenoxy) is 1. The Morgan fingerprint density at radius 2 is 1.71 bits per heavy atom. The van der Waals surface area contributed by atoms with Crippen LogP contribution in [0.3, 0.4) is 0 Å². The first-order valence-electron chi connectivity index (χ1n) is 9.46. The Bertz CT molecular complexity index is 962. The lowest BCUT2D eigenvalue weighted by Gasteiger charge is -2.14. The van der Waals surface area contributed by atoms with Crippen LogP contribution in [-0.2, 0) is 9.53 Å². The van der Waals surface area contributed by atoms with Crippen molar-refractivity contribution < 1.29 is 19.6 Å². The van der Waals surface area contributed by atoms with E-state index in [-0.39, 0.29) is 17.9 Å². The third-order valence-electron chi connectivity index (χ3n) is 4.65.